The Kier molecular flexibility index (Phi) is 7.09. The first kappa shape index (κ1) is 22.6. The molecule has 0 spiro atoms. The van der Waals surface area contributed by atoms with Crippen LogP contribution in [0.2, 0.25) is 0 Å². The molecule has 1 aliphatic rings. The Morgan fingerprint density at radius 2 is 1.73 bits per heavy atom. The first-order valence-corrected chi connectivity index (χ1v) is 12.2. The first-order chi connectivity index (χ1) is 14.2. The third-order valence-corrected chi connectivity index (χ3v) is 8.06. The van der Waals surface area contributed by atoms with Gasteiger partial charge in [-0.15, -0.1) is 0 Å². The van der Waals surface area contributed by atoms with Crippen molar-refractivity contribution in [3.63, 3.8) is 0 Å². The molecule has 0 amide bonds. The summed E-state index contributed by atoms with van der Waals surface area (Å²) in [4.78, 5) is 0.158. The third kappa shape index (κ3) is 5.35. The van der Waals surface area contributed by atoms with Gasteiger partial charge in [0.25, 0.3) is 0 Å². The van der Waals surface area contributed by atoms with Crippen LogP contribution in [-0.2, 0) is 24.8 Å². The van der Waals surface area contributed by atoms with E-state index in [0.29, 0.717) is 37.6 Å². The highest BCUT2D eigenvalue weighted by atomic mass is 32.2. The number of ether oxygens (including phenoxy) is 2. The van der Waals surface area contributed by atoms with Gasteiger partial charge in [-0.1, -0.05) is 0 Å². The smallest absolute Gasteiger partial charge is 0.243 e. The zero-order chi connectivity index (χ0) is 21.8. The Labute approximate surface area is 175 Å². The molecule has 0 aliphatic carbocycles. The van der Waals surface area contributed by atoms with Gasteiger partial charge in [0.15, 0.2) is 0 Å². The number of morpholine rings is 1. The van der Waals surface area contributed by atoms with Crippen LogP contribution in [0.3, 0.4) is 0 Å². The molecule has 1 aliphatic heterocycles. The van der Waals surface area contributed by atoms with E-state index in [1.807, 2.05) is 0 Å². The van der Waals surface area contributed by atoms with Gasteiger partial charge in [0.05, 0.1) is 23.0 Å². The molecule has 0 atom stereocenters. The molecule has 1 saturated heterocycles. The molecule has 2 aromatic rings. The Morgan fingerprint density at radius 1 is 1.07 bits per heavy atom. The summed E-state index contributed by atoms with van der Waals surface area (Å²) in [5.74, 6) is -0.0954. The molecule has 1 heterocycles. The molecule has 1 N–H and O–H groups in total. The number of hydrogen-bond acceptors (Lipinski definition) is 6. The topological polar surface area (TPSA) is 102 Å². The molecule has 0 bridgehead atoms. The fourth-order valence-electron chi connectivity index (χ4n) is 2.98. The molecule has 164 valence electrons. The van der Waals surface area contributed by atoms with E-state index < -0.39 is 25.9 Å². The van der Waals surface area contributed by atoms with Crippen molar-refractivity contribution >= 4 is 20.0 Å². The second kappa shape index (κ2) is 9.40. The molecule has 0 saturated carbocycles. The SMILES string of the molecule is Cc1cc(F)ccc1S(=O)(=O)NCCOc1ccc(S(=O)(=O)N2CCOCC2)cc1. The van der Waals surface area contributed by atoms with E-state index >= 15 is 0 Å². The summed E-state index contributed by atoms with van der Waals surface area (Å²) in [5.41, 5.74) is 0.306. The van der Waals surface area contributed by atoms with Crippen LogP contribution in [0, 0.1) is 12.7 Å². The predicted octanol–water partition coefficient (Wildman–Crippen LogP) is 1.51. The lowest BCUT2D eigenvalue weighted by Gasteiger charge is -2.26. The van der Waals surface area contributed by atoms with Crippen LogP contribution in [0.1, 0.15) is 5.56 Å². The lowest BCUT2D eigenvalue weighted by molar-refractivity contribution is 0.0730. The van der Waals surface area contributed by atoms with Crippen molar-refractivity contribution in [2.75, 3.05) is 39.5 Å². The fourth-order valence-corrected chi connectivity index (χ4v) is 5.63. The van der Waals surface area contributed by atoms with Crippen molar-refractivity contribution in [1.29, 1.82) is 0 Å². The second-order valence-electron chi connectivity index (χ2n) is 6.64. The second-order valence-corrected chi connectivity index (χ2v) is 10.3. The highest BCUT2D eigenvalue weighted by molar-refractivity contribution is 7.89. The number of nitrogens with zero attached hydrogens (tertiary/aromatic N) is 1. The maximum absolute atomic E-state index is 13.2. The average molecular weight is 459 g/mol. The van der Waals surface area contributed by atoms with E-state index in [-0.39, 0.29) is 22.9 Å². The Hall–Kier alpha value is -2.05. The van der Waals surface area contributed by atoms with E-state index in [4.69, 9.17) is 9.47 Å². The molecule has 11 heteroatoms. The predicted molar refractivity (Wildman–Crippen MR) is 108 cm³/mol. The van der Waals surface area contributed by atoms with Gasteiger partial charge in [0, 0.05) is 19.6 Å². The number of hydrogen-bond donors (Lipinski definition) is 1. The standard InChI is InChI=1S/C19H23FN2O6S2/c1-15-14-16(20)2-7-19(15)29(23,24)21-8-11-28-17-3-5-18(6-4-17)30(25,26)22-9-12-27-13-10-22/h2-7,14,21H,8-13H2,1H3. The Balaban J connectivity index is 1.54. The van der Waals surface area contributed by atoms with Crippen LogP contribution in [0.4, 0.5) is 4.39 Å². The molecule has 0 aromatic heterocycles. The summed E-state index contributed by atoms with van der Waals surface area (Å²) in [7, 11) is -7.37. The number of halogens is 1. The van der Waals surface area contributed by atoms with E-state index in [1.54, 1.807) is 0 Å². The summed E-state index contributed by atoms with van der Waals surface area (Å²) in [6.45, 7) is 2.91. The van der Waals surface area contributed by atoms with Gasteiger partial charge < -0.3 is 9.47 Å². The molecule has 30 heavy (non-hydrogen) atoms. The normalized spacial score (nSPS) is 15.8. The lowest BCUT2D eigenvalue weighted by Crippen LogP contribution is -2.40. The van der Waals surface area contributed by atoms with Crippen molar-refractivity contribution in [3.8, 4) is 5.75 Å². The minimum Gasteiger partial charge on any atom is -0.492 e. The van der Waals surface area contributed by atoms with Crippen molar-refractivity contribution < 1.29 is 30.7 Å². The van der Waals surface area contributed by atoms with E-state index in [9.17, 15) is 21.2 Å². The molecule has 8 nitrogen and oxygen atoms in total. The van der Waals surface area contributed by atoms with Gasteiger partial charge in [-0.3, -0.25) is 0 Å². The molecule has 0 radical (unpaired) electrons. The fraction of sp³-hybridized carbons (Fsp3) is 0.368. The van der Waals surface area contributed by atoms with Crippen LogP contribution < -0.4 is 9.46 Å². The highest BCUT2D eigenvalue weighted by Crippen LogP contribution is 2.20. The van der Waals surface area contributed by atoms with E-state index in [0.717, 1.165) is 12.1 Å². The lowest BCUT2D eigenvalue weighted by atomic mass is 10.2. The molecule has 0 unspecified atom stereocenters. The molecule has 1 fully saturated rings. The average Bonchev–Trinajstić information content (AvgIpc) is 2.72. The number of benzene rings is 2. The van der Waals surface area contributed by atoms with Gasteiger partial charge in [0.2, 0.25) is 20.0 Å². The van der Waals surface area contributed by atoms with Gasteiger partial charge in [0.1, 0.15) is 18.2 Å². The molecule has 3 rings (SSSR count). The first-order valence-electron chi connectivity index (χ1n) is 9.27. The Bertz CT molecular complexity index is 1080. The summed E-state index contributed by atoms with van der Waals surface area (Å²) in [6, 6.07) is 9.39. The van der Waals surface area contributed by atoms with Crippen molar-refractivity contribution in [2.24, 2.45) is 0 Å². The van der Waals surface area contributed by atoms with Gasteiger partial charge >= 0.3 is 0 Å². The zero-order valence-electron chi connectivity index (χ0n) is 16.4. The molecular weight excluding hydrogens is 435 g/mol. The minimum atomic E-state index is -3.79. The summed E-state index contributed by atoms with van der Waals surface area (Å²) in [6.07, 6.45) is 0. The van der Waals surface area contributed by atoms with Crippen molar-refractivity contribution in [3.05, 3.63) is 53.8 Å². The van der Waals surface area contributed by atoms with Crippen LogP contribution in [0.5, 0.6) is 5.75 Å². The van der Waals surface area contributed by atoms with Crippen molar-refractivity contribution in [1.82, 2.24) is 9.03 Å². The highest BCUT2D eigenvalue weighted by Gasteiger charge is 2.26. The largest absolute Gasteiger partial charge is 0.492 e. The molecule has 2 aromatic carbocycles. The van der Waals surface area contributed by atoms with Crippen LogP contribution >= 0.6 is 0 Å². The minimum absolute atomic E-state index is 0.00146. The van der Waals surface area contributed by atoms with Crippen LogP contribution in [-0.4, -0.2) is 60.6 Å². The van der Waals surface area contributed by atoms with Gasteiger partial charge in [-0.05, 0) is 55.0 Å². The summed E-state index contributed by atoms with van der Waals surface area (Å²) < 4.78 is 77.4. The number of nitrogens with one attached hydrogen (secondary N) is 1. The van der Waals surface area contributed by atoms with Crippen LogP contribution in [0.15, 0.2) is 52.3 Å². The number of sulfonamides is 2. The van der Waals surface area contributed by atoms with E-state index in [2.05, 4.69) is 4.72 Å². The zero-order valence-corrected chi connectivity index (χ0v) is 18.0. The summed E-state index contributed by atoms with van der Waals surface area (Å²) in [5, 5.41) is 0. The number of rotatable bonds is 8. The molecular formula is C19H23FN2O6S2. The maximum Gasteiger partial charge on any atom is 0.243 e. The number of aryl methyl sites for hydroxylation is 1. The summed E-state index contributed by atoms with van der Waals surface area (Å²) >= 11 is 0. The third-order valence-electron chi connectivity index (χ3n) is 4.52. The van der Waals surface area contributed by atoms with Gasteiger partial charge in [-0.25, -0.2) is 25.9 Å². The quantitative estimate of drug-likeness (QED) is 0.602. The van der Waals surface area contributed by atoms with E-state index in [1.165, 1.54) is 41.6 Å². The Morgan fingerprint density at radius 3 is 2.37 bits per heavy atom. The maximum atomic E-state index is 13.2. The van der Waals surface area contributed by atoms with Crippen molar-refractivity contribution in [2.45, 2.75) is 16.7 Å². The van der Waals surface area contributed by atoms with Crippen LogP contribution in [0.25, 0.3) is 0 Å². The monoisotopic (exact) mass is 458 g/mol. The van der Waals surface area contributed by atoms with Gasteiger partial charge in [-0.2, -0.15) is 4.31 Å².